The lowest BCUT2D eigenvalue weighted by molar-refractivity contribution is 0.790. The quantitative estimate of drug-likeness (QED) is 0.894. The maximum absolute atomic E-state index is 6.23. The Balaban J connectivity index is 2.44. The number of hydrogen-bond acceptors (Lipinski definition) is 2. The summed E-state index contributed by atoms with van der Waals surface area (Å²) in [7, 11) is 0. The van der Waals surface area contributed by atoms with E-state index in [1.165, 1.54) is 16.7 Å². The van der Waals surface area contributed by atoms with Gasteiger partial charge in [0.2, 0.25) is 0 Å². The molecule has 0 saturated heterocycles. The van der Waals surface area contributed by atoms with E-state index in [1.807, 2.05) is 0 Å². The molecule has 2 aromatic rings. The highest BCUT2D eigenvalue weighted by Gasteiger charge is 2.15. The van der Waals surface area contributed by atoms with Gasteiger partial charge >= 0.3 is 0 Å². The van der Waals surface area contributed by atoms with Crippen LogP contribution >= 0.6 is 15.9 Å². The molecule has 1 heterocycles. The summed E-state index contributed by atoms with van der Waals surface area (Å²) in [4.78, 5) is 7.37. The molecular weight excluding hydrogens is 278 g/mol. The molecule has 4 heteroatoms. The summed E-state index contributed by atoms with van der Waals surface area (Å²) >= 11 is 3.34. The number of nitrogens with one attached hydrogen (secondary N) is 1. The molecule has 90 valence electrons. The lowest BCUT2D eigenvalue weighted by atomic mass is 9.94. The van der Waals surface area contributed by atoms with Gasteiger partial charge in [-0.2, -0.15) is 0 Å². The largest absolute Gasteiger partial charge is 0.335 e. The van der Waals surface area contributed by atoms with Gasteiger partial charge in [0.25, 0.3) is 0 Å². The van der Waals surface area contributed by atoms with Crippen molar-refractivity contribution in [3.05, 3.63) is 51.0 Å². The molecule has 0 bridgehead atoms. The molecule has 0 aliphatic heterocycles. The van der Waals surface area contributed by atoms with Crippen molar-refractivity contribution < 1.29 is 0 Å². The van der Waals surface area contributed by atoms with E-state index in [-0.39, 0.29) is 6.04 Å². The lowest BCUT2D eigenvalue weighted by Crippen LogP contribution is -2.15. The molecule has 0 aliphatic rings. The van der Waals surface area contributed by atoms with Crippen molar-refractivity contribution in [2.24, 2.45) is 5.73 Å². The van der Waals surface area contributed by atoms with Crippen LogP contribution in [0.1, 0.15) is 34.1 Å². The Labute approximate surface area is 110 Å². The SMILES string of the molecule is Cc1ccc(C(N)c2ncc(Br)[nH]2)c(C)c1C. The van der Waals surface area contributed by atoms with Gasteiger partial charge in [-0.1, -0.05) is 12.1 Å². The number of H-pyrrole nitrogens is 1. The second-order valence-electron chi connectivity index (χ2n) is 4.32. The minimum absolute atomic E-state index is 0.208. The van der Waals surface area contributed by atoms with Crippen molar-refractivity contribution in [3.63, 3.8) is 0 Å². The molecule has 0 fully saturated rings. The molecule has 0 saturated carbocycles. The number of aromatic amines is 1. The lowest BCUT2D eigenvalue weighted by Gasteiger charge is -2.15. The summed E-state index contributed by atoms with van der Waals surface area (Å²) in [5, 5.41) is 0. The fourth-order valence-electron chi connectivity index (χ4n) is 1.93. The second-order valence-corrected chi connectivity index (χ2v) is 5.17. The Kier molecular flexibility index (Phi) is 3.35. The van der Waals surface area contributed by atoms with Crippen LogP contribution in [0.25, 0.3) is 0 Å². The number of hydrogen-bond donors (Lipinski definition) is 2. The van der Waals surface area contributed by atoms with E-state index < -0.39 is 0 Å². The predicted molar refractivity (Wildman–Crippen MR) is 73.0 cm³/mol. The van der Waals surface area contributed by atoms with E-state index in [9.17, 15) is 0 Å². The van der Waals surface area contributed by atoms with Crippen LogP contribution in [0.4, 0.5) is 0 Å². The molecule has 0 radical (unpaired) electrons. The van der Waals surface area contributed by atoms with Crippen LogP contribution in [0.15, 0.2) is 22.9 Å². The first-order chi connectivity index (χ1) is 8.00. The van der Waals surface area contributed by atoms with E-state index in [0.717, 1.165) is 16.0 Å². The highest BCUT2D eigenvalue weighted by molar-refractivity contribution is 9.10. The number of benzene rings is 1. The zero-order chi connectivity index (χ0) is 12.6. The average Bonchev–Trinajstić information content (AvgIpc) is 2.72. The summed E-state index contributed by atoms with van der Waals surface area (Å²) in [6, 6.07) is 3.98. The molecule has 1 unspecified atom stereocenters. The number of rotatable bonds is 2. The van der Waals surface area contributed by atoms with Gasteiger partial charge in [-0.15, -0.1) is 0 Å². The first-order valence-electron chi connectivity index (χ1n) is 5.53. The Bertz CT molecular complexity index is 546. The Morgan fingerprint density at radius 2 is 1.94 bits per heavy atom. The molecule has 3 nitrogen and oxygen atoms in total. The van der Waals surface area contributed by atoms with Gasteiger partial charge < -0.3 is 10.7 Å². The van der Waals surface area contributed by atoms with Crippen molar-refractivity contribution in [2.75, 3.05) is 0 Å². The zero-order valence-electron chi connectivity index (χ0n) is 10.2. The van der Waals surface area contributed by atoms with E-state index >= 15 is 0 Å². The molecule has 1 atom stereocenters. The number of nitrogens with zero attached hydrogens (tertiary/aromatic N) is 1. The summed E-state index contributed by atoms with van der Waals surface area (Å²) < 4.78 is 0.851. The highest BCUT2D eigenvalue weighted by atomic mass is 79.9. The van der Waals surface area contributed by atoms with Crippen LogP contribution < -0.4 is 5.73 Å². The predicted octanol–water partition coefficient (Wildman–Crippen LogP) is 3.15. The van der Waals surface area contributed by atoms with Crippen LogP contribution in [-0.2, 0) is 0 Å². The molecule has 3 N–H and O–H groups in total. The number of nitrogens with two attached hydrogens (primary N) is 1. The van der Waals surface area contributed by atoms with Gasteiger partial charge in [-0.05, 0) is 59.0 Å². The van der Waals surface area contributed by atoms with Crippen molar-refractivity contribution in [1.29, 1.82) is 0 Å². The van der Waals surface area contributed by atoms with Gasteiger partial charge in [-0.3, -0.25) is 0 Å². The van der Waals surface area contributed by atoms with Gasteiger partial charge in [0.15, 0.2) is 0 Å². The monoisotopic (exact) mass is 293 g/mol. The average molecular weight is 294 g/mol. The number of aromatic nitrogens is 2. The molecule has 0 aliphatic carbocycles. The number of halogens is 1. The smallest absolute Gasteiger partial charge is 0.128 e. The zero-order valence-corrected chi connectivity index (χ0v) is 11.8. The van der Waals surface area contributed by atoms with Crippen molar-refractivity contribution in [1.82, 2.24) is 9.97 Å². The molecule has 1 aromatic heterocycles. The maximum Gasteiger partial charge on any atom is 0.128 e. The van der Waals surface area contributed by atoms with Crippen molar-refractivity contribution in [3.8, 4) is 0 Å². The summed E-state index contributed by atoms with van der Waals surface area (Å²) in [5.74, 6) is 0.781. The Morgan fingerprint density at radius 1 is 1.24 bits per heavy atom. The Hall–Kier alpha value is -1.13. The molecule has 17 heavy (non-hydrogen) atoms. The molecule has 1 aromatic carbocycles. The third-order valence-corrected chi connectivity index (χ3v) is 3.70. The summed E-state index contributed by atoms with van der Waals surface area (Å²) in [6.45, 7) is 6.34. The molecule has 0 amide bonds. The van der Waals surface area contributed by atoms with E-state index in [1.54, 1.807) is 6.20 Å². The van der Waals surface area contributed by atoms with Gasteiger partial charge in [0, 0.05) is 0 Å². The topological polar surface area (TPSA) is 54.7 Å². The number of imidazole rings is 1. The fraction of sp³-hybridized carbons (Fsp3) is 0.308. The van der Waals surface area contributed by atoms with Crippen LogP contribution in [0, 0.1) is 20.8 Å². The maximum atomic E-state index is 6.23. The summed E-state index contributed by atoms with van der Waals surface area (Å²) in [5.41, 5.74) is 11.2. The molecule has 2 rings (SSSR count). The third kappa shape index (κ3) is 2.28. The van der Waals surface area contributed by atoms with Crippen LogP contribution in [-0.4, -0.2) is 9.97 Å². The Morgan fingerprint density at radius 3 is 2.53 bits per heavy atom. The molecule has 0 spiro atoms. The molecular formula is C13H16BrN3. The normalized spacial score (nSPS) is 12.8. The number of aryl methyl sites for hydroxylation is 1. The van der Waals surface area contributed by atoms with E-state index in [2.05, 4.69) is 58.8 Å². The van der Waals surface area contributed by atoms with Gasteiger partial charge in [-0.25, -0.2) is 4.98 Å². The standard InChI is InChI=1S/C13H16BrN3/c1-7-4-5-10(9(3)8(7)2)12(15)13-16-6-11(14)17-13/h4-6,12H,15H2,1-3H3,(H,16,17). The van der Waals surface area contributed by atoms with Crippen molar-refractivity contribution >= 4 is 15.9 Å². The summed E-state index contributed by atoms with van der Waals surface area (Å²) in [6.07, 6.45) is 1.73. The third-order valence-electron chi connectivity index (χ3n) is 3.29. The fourth-order valence-corrected chi connectivity index (χ4v) is 2.24. The second kappa shape index (κ2) is 4.63. The minimum Gasteiger partial charge on any atom is -0.335 e. The van der Waals surface area contributed by atoms with Crippen LogP contribution in [0.3, 0.4) is 0 Å². The van der Waals surface area contributed by atoms with Crippen LogP contribution in [0.2, 0.25) is 0 Å². The first kappa shape index (κ1) is 12.3. The highest BCUT2D eigenvalue weighted by Crippen LogP contribution is 2.25. The first-order valence-corrected chi connectivity index (χ1v) is 6.32. The van der Waals surface area contributed by atoms with E-state index in [0.29, 0.717) is 0 Å². The van der Waals surface area contributed by atoms with Gasteiger partial charge in [0.05, 0.1) is 12.2 Å². The van der Waals surface area contributed by atoms with Crippen molar-refractivity contribution in [2.45, 2.75) is 26.8 Å². The van der Waals surface area contributed by atoms with E-state index in [4.69, 9.17) is 5.73 Å². The van der Waals surface area contributed by atoms with Gasteiger partial charge in [0.1, 0.15) is 10.4 Å². The van der Waals surface area contributed by atoms with Crippen LogP contribution in [0.5, 0.6) is 0 Å². The minimum atomic E-state index is -0.208.